The van der Waals surface area contributed by atoms with Crippen LogP contribution in [0.25, 0.3) is 0 Å². The van der Waals surface area contributed by atoms with Gasteiger partial charge in [-0.3, -0.25) is 9.69 Å². The van der Waals surface area contributed by atoms with Crippen molar-refractivity contribution in [1.29, 1.82) is 0 Å². The quantitative estimate of drug-likeness (QED) is 0.239. The summed E-state index contributed by atoms with van der Waals surface area (Å²) >= 11 is 0. The van der Waals surface area contributed by atoms with Crippen LogP contribution in [-0.4, -0.2) is 99.7 Å². The Labute approximate surface area is 206 Å². The number of likely N-dealkylation sites (N-methyl/N-ethyl adjacent to an activating group) is 1. The zero-order valence-corrected chi connectivity index (χ0v) is 22.1. The second-order valence-electron chi connectivity index (χ2n) is 9.60. The van der Waals surface area contributed by atoms with Crippen molar-refractivity contribution in [1.82, 2.24) is 20.0 Å². The van der Waals surface area contributed by atoms with Gasteiger partial charge in [0.15, 0.2) is 5.96 Å². The van der Waals surface area contributed by atoms with Gasteiger partial charge in [-0.2, -0.15) is 0 Å². The van der Waals surface area contributed by atoms with Crippen molar-refractivity contribution in [3.05, 3.63) is 0 Å². The number of piperidine rings is 1. The van der Waals surface area contributed by atoms with E-state index in [-0.39, 0.29) is 36.4 Å². The van der Waals surface area contributed by atoms with Crippen molar-refractivity contribution in [2.75, 3.05) is 73.1 Å². The first-order valence-electron chi connectivity index (χ1n) is 12.1. The number of hydrogen-bond acceptors (Lipinski definition) is 4. The number of aliphatic imine (C=N–C) groups is 1. The molecule has 0 aromatic rings. The summed E-state index contributed by atoms with van der Waals surface area (Å²) < 4.78 is 5.44. The van der Waals surface area contributed by atoms with E-state index in [1.54, 1.807) is 19.0 Å². The number of amides is 1. The number of morpholine rings is 1. The highest BCUT2D eigenvalue weighted by Gasteiger charge is 2.36. The molecule has 180 valence electrons. The summed E-state index contributed by atoms with van der Waals surface area (Å²) in [5.41, 5.74) is 0.455. The molecule has 1 saturated carbocycles. The molecule has 0 atom stereocenters. The molecule has 7 nitrogen and oxygen atoms in total. The van der Waals surface area contributed by atoms with E-state index in [0.29, 0.717) is 5.41 Å². The number of halogens is 1. The molecule has 3 fully saturated rings. The van der Waals surface area contributed by atoms with Gasteiger partial charge in [0.25, 0.3) is 0 Å². The van der Waals surface area contributed by atoms with E-state index in [4.69, 9.17) is 9.73 Å². The summed E-state index contributed by atoms with van der Waals surface area (Å²) in [4.78, 5) is 23.5. The molecule has 2 aliphatic heterocycles. The van der Waals surface area contributed by atoms with Crippen LogP contribution in [0.3, 0.4) is 0 Å². The van der Waals surface area contributed by atoms with Gasteiger partial charge in [-0.05, 0) is 44.1 Å². The first kappa shape index (κ1) is 26.6. The van der Waals surface area contributed by atoms with Crippen LogP contribution in [0.2, 0.25) is 0 Å². The monoisotopic (exact) mass is 549 g/mol. The lowest BCUT2D eigenvalue weighted by Gasteiger charge is -2.44. The van der Waals surface area contributed by atoms with Crippen LogP contribution in [0.15, 0.2) is 4.99 Å². The Morgan fingerprint density at radius 2 is 1.71 bits per heavy atom. The molecule has 1 amide bonds. The van der Waals surface area contributed by atoms with Crippen LogP contribution in [-0.2, 0) is 9.53 Å². The third-order valence-corrected chi connectivity index (χ3v) is 7.03. The molecule has 0 unspecified atom stereocenters. The summed E-state index contributed by atoms with van der Waals surface area (Å²) in [6.07, 6.45) is 11.9. The number of nitrogens with zero attached hydrogens (tertiary/aromatic N) is 4. The van der Waals surface area contributed by atoms with Crippen molar-refractivity contribution in [2.45, 2.75) is 57.8 Å². The van der Waals surface area contributed by atoms with Crippen molar-refractivity contribution >= 4 is 35.8 Å². The Morgan fingerprint density at radius 3 is 2.39 bits per heavy atom. The molecule has 8 heteroatoms. The van der Waals surface area contributed by atoms with Gasteiger partial charge in [-0.15, -0.1) is 24.0 Å². The van der Waals surface area contributed by atoms with Gasteiger partial charge in [0.2, 0.25) is 5.91 Å². The highest BCUT2D eigenvalue weighted by Crippen LogP contribution is 2.42. The smallest absolute Gasteiger partial charge is 0.243 e. The normalized spacial score (nSPS) is 22.5. The Kier molecular flexibility index (Phi) is 11.9. The van der Waals surface area contributed by atoms with Crippen molar-refractivity contribution < 1.29 is 9.53 Å². The number of rotatable bonds is 6. The Morgan fingerprint density at radius 1 is 1.03 bits per heavy atom. The number of likely N-dealkylation sites (tertiary alicyclic amines) is 1. The molecule has 2 heterocycles. The van der Waals surface area contributed by atoms with Crippen molar-refractivity contribution in [2.24, 2.45) is 10.4 Å². The molecule has 0 aromatic heterocycles. The molecule has 0 bridgehead atoms. The lowest BCUT2D eigenvalue weighted by atomic mass is 9.74. The minimum absolute atomic E-state index is 0. The molecular weight excluding hydrogens is 505 g/mol. The zero-order valence-electron chi connectivity index (χ0n) is 19.7. The van der Waals surface area contributed by atoms with Crippen LogP contribution in [0.1, 0.15) is 57.8 Å². The highest BCUT2D eigenvalue weighted by atomic mass is 127. The summed E-state index contributed by atoms with van der Waals surface area (Å²) in [6.45, 7) is 8.12. The average molecular weight is 550 g/mol. The van der Waals surface area contributed by atoms with Gasteiger partial charge in [-0.25, -0.2) is 4.99 Å². The molecule has 1 aliphatic carbocycles. The fourth-order valence-electron chi connectivity index (χ4n) is 5.15. The van der Waals surface area contributed by atoms with Gasteiger partial charge in [0.1, 0.15) is 6.54 Å². The van der Waals surface area contributed by atoms with E-state index in [0.717, 1.165) is 64.9 Å². The van der Waals surface area contributed by atoms with Crippen LogP contribution in [0.4, 0.5) is 0 Å². The third kappa shape index (κ3) is 8.68. The van der Waals surface area contributed by atoms with Crippen LogP contribution in [0.5, 0.6) is 0 Å². The first-order chi connectivity index (χ1) is 14.6. The summed E-state index contributed by atoms with van der Waals surface area (Å²) in [5, 5.41) is 3.61. The van der Waals surface area contributed by atoms with Gasteiger partial charge >= 0.3 is 0 Å². The molecule has 3 rings (SSSR count). The average Bonchev–Trinajstić information content (AvgIpc) is 2.98. The fourth-order valence-corrected chi connectivity index (χ4v) is 5.15. The minimum atomic E-state index is 0. The minimum Gasteiger partial charge on any atom is -0.379 e. The molecule has 0 aromatic carbocycles. The van der Waals surface area contributed by atoms with E-state index < -0.39 is 0 Å². The largest absolute Gasteiger partial charge is 0.379 e. The van der Waals surface area contributed by atoms with E-state index in [2.05, 4.69) is 15.1 Å². The number of ether oxygens (including phenoxy) is 1. The zero-order chi connectivity index (χ0) is 21.2. The third-order valence-electron chi connectivity index (χ3n) is 7.03. The first-order valence-corrected chi connectivity index (χ1v) is 12.1. The van der Waals surface area contributed by atoms with Crippen molar-refractivity contribution in [3.63, 3.8) is 0 Å². The number of carbonyl (C=O) groups excluding carboxylic acids is 1. The predicted molar refractivity (Wildman–Crippen MR) is 137 cm³/mol. The van der Waals surface area contributed by atoms with Crippen LogP contribution >= 0.6 is 24.0 Å². The van der Waals surface area contributed by atoms with E-state index >= 15 is 0 Å². The maximum Gasteiger partial charge on any atom is 0.243 e. The molecule has 2 saturated heterocycles. The van der Waals surface area contributed by atoms with E-state index in [9.17, 15) is 4.79 Å². The van der Waals surface area contributed by atoms with Crippen molar-refractivity contribution in [3.8, 4) is 0 Å². The van der Waals surface area contributed by atoms with E-state index in [1.165, 1.54) is 51.4 Å². The molecular formula is C23H44IN5O2. The number of nitrogens with one attached hydrogen (secondary N) is 1. The standard InChI is InChI=1S/C23H43N5O2.HI/c1-26(2)21(29)19-25-22(24-12-8-13-27-15-17-30-18-16-27)28-14-7-11-23(20-28)9-5-3-4-6-10-23;/h3-20H2,1-2H3,(H,24,25);1H. The summed E-state index contributed by atoms with van der Waals surface area (Å²) in [6, 6.07) is 0. The van der Waals surface area contributed by atoms with Crippen LogP contribution < -0.4 is 5.32 Å². The molecule has 1 N–H and O–H groups in total. The summed E-state index contributed by atoms with van der Waals surface area (Å²) in [5.74, 6) is 0.999. The fraction of sp³-hybridized carbons (Fsp3) is 0.913. The Balaban J connectivity index is 0.00000341. The highest BCUT2D eigenvalue weighted by molar-refractivity contribution is 14.0. The molecule has 3 aliphatic rings. The maximum atomic E-state index is 12.2. The molecule has 0 radical (unpaired) electrons. The number of hydrogen-bond donors (Lipinski definition) is 1. The topological polar surface area (TPSA) is 60.4 Å². The second kappa shape index (κ2) is 13.8. The number of guanidine groups is 1. The Hall–Kier alpha value is -0.610. The van der Waals surface area contributed by atoms with Gasteiger partial charge in [0, 0.05) is 46.8 Å². The predicted octanol–water partition coefficient (Wildman–Crippen LogP) is 2.80. The number of carbonyl (C=O) groups is 1. The SMILES string of the molecule is CN(C)C(=O)CN=C(NCCCN1CCOCC1)N1CCCC2(CCCCCC2)C1.I. The van der Waals surface area contributed by atoms with Gasteiger partial charge in [-0.1, -0.05) is 25.7 Å². The Bertz CT molecular complexity index is 558. The lowest BCUT2D eigenvalue weighted by molar-refractivity contribution is -0.127. The summed E-state index contributed by atoms with van der Waals surface area (Å²) in [7, 11) is 3.60. The van der Waals surface area contributed by atoms with Gasteiger partial charge in [0.05, 0.1) is 13.2 Å². The van der Waals surface area contributed by atoms with E-state index in [1.807, 2.05) is 0 Å². The van der Waals surface area contributed by atoms with Crippen LogP contribution in [0, 0.1) is 5.41 Å². The lowest BCUT2D eigenvalue weighted by Crippen LogP contribution is -2.51. The maximum absolute atomic E-state index is 12.2. The molecule has 31 heavy (non-hydrogen) atoms. The molecule has 1 spiro atoms. The second-order valence-corrected chi connectivity index (χ2v) is 9.60. The van der Waals surface area contributed by atoms with Gasteiger partial charge < -0.3 is 19.9 Å².